The average molecular weight is 798 g/mol. The van der Waals surface area contributed by atoms with Gasteiger partial charge in [0.05, 0.1) is 0 Å². The quantitative estimate of drug-likeness (QED) is 0.0526. The summed E-state index contributed by atoms with van der Waals surface area (Å²) >= 11 is 0. The van der Waals surface area contributed by atoms with Gasteiger partial charge in [-0.3, -0.25) is 9.59 Å². The van der Waals surface area contributed by atoms with Crippen LogP contribution < -0.4 is 10.6 Å². The Labute approximate surface area is 305 Å². The summed E-state index contributed by atoms with van der Waals surface area (Å²) < 4.78 is 171. The monoisotopic (exact) mass is 797 g/mol. The van der Waals surface area contributed by atoms with Gasteiger partial charge in [-0.2, -0.15) is 57.1 Å². The van der Waals surface area contributed by atoms with E-state index in [4.69, 9.17) is 0 Å². The number of rotatable bonds is 32. The summed E-state index contributed by atoms with van der Waals surface area (Å²) in [5.41, 5.74) is 0. The molecule has 1 unspecified atom stereocenters. The van der Waals surface area contributed by atoms with Gasteiger partial charge in [-0.15, -0.1) is 0 Å². The third kappa shape index (κ3) is 17.2. The van der Waals surface area contributed by atoms with Gasteiger partial charge in [-0.1, -0.05) is 129 Å². The summed E-state index contributed by atoms with van der Waals surface area (Å²) in [6.07, 6.45) is 8.85. The van der Waals surface area contributed by atoms with Crippen molar-refractivity contribution in [1.82, 2.24) is 10.6 Å². The van der Waals surface area contributed by atoms with E-state index >= 15 is 0 Å². The van der Waals surface area contributed by atoms with Crippen LogP contribution in [0.4, 0.5) is 57.1 Å². The molecule has 0 saturated heterocycles. The predicted octanol–water partition coefficient (Wildman–Crippen LogP) is 12.5. The van der Waals surface area contributed by atoms with E-state index in [-0.39, 0.29) is 25.2 Å². The summed E-state index contributed by atoms with van der Waals surface area (Å²) in [5, 5.41) is 5.26. The molecule has 0 aliphatic heterocycles. The topological polar surface area (TPSA) is 58.2 Å². The number of halogens is 13. The highest BCUT2D eigenvalue weighted by molar-refractivity contribution is 5.88. The maximum absolute atomic E-state index is 13.8. The van der Waals surface area contributed by atoms with E-state index in [0.29, 0.717) is 38.6 Å². The molecular formula is C36H58F13N2O2. The maximum atomic E-state index is 13.8. The first-order valence-electron chi connectivity index (χ1n) is 18.9. The Morgan fingerprint density at radius 1 is 0.491 bits per heavy atom. The average Bonchev–Trinajstić information content (AvgIpc) is 3.06. The van der Waals surface area contributed by atoms with Crippen LogP contribution in [0.2, 0.25) is 0 Å². The van der Waals surface area contributed by atoms with Gasteiger partial charge in [0.2, 0.25) is 11.8 Å². The van der Waals surface area contributed by atoms with Gasteiger partial charge in [0, 0.05) is 19.4 Å². The number of unbranched alkanes of at least 4 members (excludes halogenated alkanes) is 20. The number of amides is 2. The van der Waals surface area contributed by atoms with Gasteiger partial charge in [0.15, 0.2) is 0 Å². The first kappa shape index (κ1) is 51.0. The van der Waals surface area contributed by atoms with E-state index in [1.807, 2.05) is 0 Å². The number of nitrogens with one attached hydrogen (secondary N) is 2. The zero-order valence-electron chi connectivity index (χ0n) is 30.7. The SMILES string of the molecule is [CH2]C(NC(=O)CCCCCCCCCCC(F)(F)C(F)(F)C(F)(F)C(F)(F)C(F)(F)C(F)(F)F)C(=O)NCCCCCCCCCCCCCCCC. The lowest BCUT2D eigenvalue weighted by Crippen LogP contribution is -2.70. The summed E-state index contributed by atoms with van der Waals surface area (Å²) in [6, 6.07) is -0.968. The fraction of sp³-hybridized carbons (Fsp3) is 0.917. The van der Waals surface area contributed by atoms with Crippen LogP contribution in [0.3, 0.4) is 0 Å². The molecule has 0 aliphatic rings. The molecule has 0 aromatic rings. The molecular weight excluding hydrogens is 739 g/mol. The van der Waals surface area contributed by atoms with Gasteiger partial charge < -0.3 is 10.6 Å². The summed E-state index contributed by atoms with van der Waals surface area (Å²) in [5.74, 6) is -37.4. The van der Waals surface area contributed by atoms with Gasteiger partial charge in [0.1, 0.15) is 6.04 Å². The van der Waals surface area contributed by atoms with E-state index in [0.717, 1.165) is 19.3 Å². The molecule has 0 saturated carbocycles. The Bertz CT molecular complexity index is 1010. The van der Waals surface area contributed by atoms with Crippen molar-refractivity contribution in [3.63, 3.8) is 0 Å². The first-order chi connectivity index (χ1) is 24.5. The largest absolute Gasteiger partial charge is 0.460 e. The summed E-state index contributed by atoms with van der Waals surface area (Å²) in [4.78, 5) is 24.3. The van der Waals surface area contributed by atoms with Crippen molar-refractivity contribution in [1.29, 1.82) is 0 Å². The third-order valence-electron chi connectivity index (χ3n) is 9.12. The molecule has 4 nitrogen and oxygen atoms in total. The van der Waals surface area contributed by atoms with Crippen molar-refractivity contribution in [2.24, 2.45) is 0 Å². The van der Waals surface area contributed by atoms with Crippen LogP contribution in [-0.4, -0.2) is 60.2 Å². The van der Waals surface area contributed by atoms with E-state index in [2.05, 4.69) is 24.5 Å². The minimum Gasteiger partial charge on any atom is -0.354 e. The molecule has 0 rings (SSSR count). The minimum atomic E-state index is -7.87. The fourth-order valence-electron chi connectivity index (χ4n) is 5.64. The number of alkyl halides is 13. The molecule has 17 heteroatoms. The van der Waals surface area contributed by atoms with Crippen LogP contribution in [0.1, 0.15) is 161 Å². The Kier molecular flexibility index (Phi) is 23.6. The molecule has 315 valence electrons. The zero-order chi connectivity index (χ0) is 40.8. The molecule has 0 aliphatic carbocycles. The number of hydrogen-bond donors (Lipinski definition) is 2. The Morgan fingerprint density at radius 2 is 0.849 bits per heavy atom. The molecule has 1 atom stereocenters. The molecule has 2 N–H and O–H groups in total. The molecule has 0 heterocycles. The molecule has 0 bridgehead atoms. The lowest BCUT2D eigenvalue weighted by molar-refractivity contribution is -0.440. The Balaban J connectivity index is 4.06. The number of carbonyl (C=O) groups is 2. The minimum absolute atomic E-state index is 0.0974. The second-order valence-corrected chi connectivity index (χ2v) is 13.8. The fourth-order valence-corrected chi connectivity index (χ4v) is 5.64. The van der Waals surface area contributed by atoms with Crippen LogP contribution in [0.15, 0.2) is 0 Å². The molecule has 2 amide bonds. The second-order valence-electron chi connectivity index (χ2n) is 13.8. The van der Waals surface area contributed by atoms with Gasteiger partial charge >= 0.3 is 35.8 Å². The first-order valence-corrected chi connectivity index (χ1v) is 18.9. The smallest absolute Gasteiger partial charge is 0.354 e. The van der Waals surface area contributed by atoms with Gasteiger partial charge in [-0.25, -0.2) is 0 Å². The van der Waals surface area contributed by atoms with E-state index < -0.39 is 60.6 Å². The van der Waals surface area contributed by atoms with Crippen molar-refractivity contribution in [3.05, 3.63) is 6.92 Å². The van der Waals surface area contributed by atoms with Crippen LogP contribution >= 0.6 is 0 Å². The summed E-state index contributed by atoms with van der Waals surface area (Å²) in [6.45, 7) is 6.35. The molecule has 0 aromatic carbocycles. The van der Waals surface area contributed by atoms with Crippen molar-refractivity contribution >= 4 is 11.8 Å². The van der Waals surface area contributed by atoms with E-state index in [1.165, 1.54) is 70.6 Å². The molecule has 1 radical (unpaired) electrons. The Morgan fingerprint density at radius 3 is 1.26 bits per heavy atom. The Hall–Kier alpha value is -1.97. The lowest BCUT2D eigenvalue weighted by atomic mass is 9.91. The number of hydrogen-bond acceptors (Lipinski definition) is 2. The number of carbonyl (C=O) groups excluding carboxylic acids is 2. The normalized spacial score (nSPS) is 14.0. The molecule has 0 aromatic heterocycles. The highest BCUT2D eigenvalue weighted by atomic mass is 19.4. The van der Waals surface area contributed by atoms with Gasteiger partial charge in [-0.05, 0) is 26.2 Å². The van der Waals surface area contributed by atoms with Crippen molar-refractivity contribution in [3.8, 4) is 0 Å². The van der Waals surface area contributed by atoms with Crippen molar-refractivity contribution in [2.45, 2.75) is 203 Å². The van der Waals surface area contributed by atoms with E-state index in [9.17, 15) is 66.7 Å². The van der Waals surface area contributed by atoms with Crippen LogP contribution in [0.25, 0.3) is 0 Å². The maximum Gasteiger partial charge on any atom is 0.460 e. The molecule has 0 fully saturated rings. The zero-order valence-corrected chi connectivity index (χ0v) is 30.7. The predicted molar refractivity (Wildman–Crippen MR) is 178 cm³/mol. The van der Waals surface area contributed by atoms with Crippen LogP contribution in [0, 0.1) is 6.92 Å². The highest BCUT2D eigenvalue weighted by Gasteiger charge is 2.90. The molecule has 0 spiro atoms. The molecule has 53 heavy (non-hydrogen) atoms. The van der Waals surface area contributed by atoms with Crippen LogP contribution in [-0.2, 0) is 9.59 Å². The second kappa shape index (κ2) is 24.5. The van der Waals surface area contributed by atoms with Crippen molar-refractivity contribution in [2.75, 3.05) is 6.54 Å². The highest BCUT2D eigenvalue weighted by Crippen LogP contribution is 2.60. The third-order valence-corrected chi connectivity index (χ3v) is 9.12. The standard InChI is InChI=1S/C36H58F13N2O2/c1-3-4-5-6-7-8-9-10-11-12-15-18-21-24-27-50-30(53)28(2)51-29(52)25-22-19-16-13-14-17-20-23-26-31(37,38)32(39,40)33(41,42)34(43,44)35(45,46)36(47,48)49/h28H,2-27H2,1H3,(H,50,53)(H,51,52). The summed E-state index contributed by atoms with van der Waals surface area (Å²) in [7, 11) is 0. The van der Waals surface area contributed by atoms with Gasteiger partial charge in [0.25, 0.3) is 0 Å². The van der Waals surface area contributed by atoms with Crippen LogP contribution in [0.5, 0.6) is 0 Å². The van der Waals surface area contributed by atoms with Crippen molar-refractivity contribution < 1.29 is 66.7 Å². The lowest BCUT2D eigenvalue weighted by Gasteiger charge is -2.39. The van der Waals surface area contributed by atoms with E-state index in [1.54, 1.807) is 0 Å².